The molecule has 1 saturated heterocycles. The van der Waals surface area contributed by atoms with Gasteiger partial charge in [-0.25, -0.2) is 0 Å². The number of nitrogens with one attached hydrogen (secondary N) is 1. The van der Waals surface area contributed by atoms with Crippen molar-refractivity contribution in [3.05, 3.63) is 30.1 Å². The predicted octanol–water partition coefficient (Wildman–Crippen LogP) is 2.20. The fourth-order valence-corrected chi connectivity index (χ4v) is 3.08. The average Bonchev–Trinajstić information content (AvgIpc) is 2.78. The maximum atomic E-state index is 12.5. The van der Waals surface area contributed by atoms with Crippen LogP contribution in [0.4, 0.5) is 0 Å². The average molecular weight is 326 g/mol. The van der Waals surface area contributed by atoms with Crippen LogP contribution < -0.4 is 4.72 Å². The van der Waals surface area contributed by atoms with Gasteiger partial charge >= 0.3 is 0 Å². The molecule has 0 radical (unpaired) electrons. The van der Waals surface area contributed by atoms with Gasteiger partial charge in [0.2, 0.25) is 0 Å². The van der Waals surface area contributed by atoms with Crippen molar-refractivity contribution < 1.29 is 14.0 Å². The minimum atomic E-state index is -1.18. The molecule has 1 aliphatic heterocycles. The van der Waals surface area contributed by atoms with Crippen LogP contribution in [0.5, 0.6) is 0 Å². The molecule has 3 atom stereocenters. The van der Waals surface area contributed by atoms with Gasteiger partial charge in [0.15, 0.2) is 5.79 Å². The van der Waals surface area contributed by atoms with Crippen LogP contribution in [0.3, 0.4) is 0 Å². The molecule has 0 saturated carbocycles. The lowest BCUT2D eigenvalue weighted by Crippen LogP contribution is -2.51. The zero-order chi connectivity index (χ0) is 16.4. The van der Waals surface area contributed by atoms with Gasteiger partial charge in [0, 0.05) is 29.7 Å². The first-order chi connectivity index (χ1) is 10.2. The highest BCUT2D eigenvalue weighted by molar-refractivity contribution is 7.90. The van der Waals surface area contributed by atoms with E-state index in [1.54, 1.807) is 6.20 Å². The third-order valence-corrected chi connectivity index (χ3v) is 5.08. The zero-order valence-electron chi connectivity index (χ0n) is 14.0. The molecule has 0 amide bonds. The van der Waals surface area contributed by atoms with Crippen molar-refractivity contribution in [3.8, 4) is 0 Å². The molecule has 0 spiro atoms. The lowest BCUT2D eigenvalue weighted by Gasteiger charge is -2.30. The number of hydrogen-bond acceptors (Lipinski definition) is 5. The summed E-state index contributed by atoms with van der Waals surface area (Å²) in [6.45, 7) is 10.1. The molecule has 124 valence electrons. The molecule has 0 bridgehead atoms. The Hall–Kier alpha value is -0.660. The molecular weight excluding hydrogens is 300 g/mol. The molecule has 0 aliphatic carbocycles. The number of pyridine rings is 1. The monoisotopic (exact) mass is 326 g/mol. The van der Waals surface area contributed by atoms with Gasteiger partial charge in [0.25, 0.3) is 0 Å². The first-order valence-electron chi connectivity index (χ1n) is 7.57. The van der Waals surface area contributed by atoms with Crippen molar-refractivity contribution in [1.29, 1.82) is 0 Å². The highest BCUT2D eigenvalue weighted by atomic mass is 32.2. The van der Waals surface area contributed by atoms with E-state index >= 15 is 0 Å². The summed E-state index contributed by atoms with van der Waals surface area (Å²) in [5, 5.41) is 0. The Kier molecular flexibility index (Phi) is 5.50. The standard InChI is InChI=1S/C16H26N2O3S/c1-15(2,3)22(19)18-13(10-12-8-6-7-9-17-12)14-11-20-16(4,5)21-14/h6-9,13-14,18H,10-11H2,1-5H3/t13-,14+,22-/m0/s1. The minimum absolute atomic E-state index is 0.114. The van der Waals surface area contributed by atoms with E-state index in [2.05, 4.69) is 9.71 Å². The highest BCUT2D eigenvalue weighted by Crippen LogP contribution is 2.26. The first kappa shape index (κ1) is 17.7. The van der Waals surface area contributed by atoms with Gasteiger partial charge in [-0.15, -0.1) is 4.72 Å². The topological polar surface area (TPSA) is 66.4 Å². The van der Waals surface area contributed by atoms with Gasteiger partial charge in [-0.2, -0.15) is 0 Å². The molecule has 1 aromatic heterocycles. The van der Waals surface area contributed by atoms with E-state index in [1.165, 1.54) is 0 Å². The summed E-state index contributed by atoms with van der Waals surface area (Å²) in [5.74, 6) is -0.599. The third-order valence-electron chi connectivity index (χ3n) is 3.45. The smallest absolute Gasteiger partial charge is 0.163 e. The number of ether oxygens (including phenoxy) is 2. The summed E-state index contributed by atoms with van der Waals surface area (Å²) in [6, 6.07) is 5.69. The second-order valence-corrected chi connectivity index (χ2v) is 9.00. The summed E-state index contributed by atoms with van der Waals surface area (Å²) in [4.78, 5) is 4.36. The number of aromatic nitrogens is 1. The van der Waals surface area contributed by atoms with Crippen molar-refractivity contribution in [3.63, 3.8) is 0 Å². The molecule has 5 nitrogen and oxygen atoms in total. The van der Waals surface area contributed by atoms with Crippen LogP contribution in [-0.4, -0.2) is 38.8 Å². The Morgan fingerprint density at radius 2 is 2.18 bits per heavy atom. The van der Waals surface area contributed by atoms with Crippen molar-refractivity contribution in [2.75, 3.05) is 6.61 Å². The van der Waals surface area contributed by atoms with Crippen molar-refractivity contribution >= 4 is 11.4 Å². The molecular formula is C16H26N2O3S. The van der Waals surface area contributed by atoms with Crippen LogP contribution in [0.2, 0.25) is 0 Å². The van der Waals surface area contributed by atoms with E-state index in [-0.39, 0.29) is 16.9 Å². The van der Waals surface area contributed by atoms with Gasteiger partial charge in [-0.3, -0.25) is 4.98 Å². The fraction of sp³-hybridized carbons (Fsp3) is 0.688. The quantitative estimate of drug-likeness (QED) is 0.840. The molecule has 1 aromatic rings. The Morgan fingerprint density at radius 3 is 2.68 bits per heavy atom. The van der Waals surface area contributed by atoms with Gasteiger partial charge in [0.1, 0.15) is 10.9 Å². The van der Waals surface area contributed by atoms with Crippen molar-refractivity contribution in [1.82, 2.24) is 9.71 Å². The predicted molar refractivity (Wildman–Crippen MR) is 87.7 cm³/mol. The largest absolute Gasteiger partial charge is 0.598 e. The fourth-order valence-electron chi connectivity index (χ4n) is 2.22. The molecule has 6 heteroatoms. The second-order valence-electron chi connectivity index (χ2n) is 7.00. The van der Waals surface area contributed by atoms with E-state index in [9.17, 15) is 4.55 Å². The van der Waals surface area contributed by atoms with Crippen LogP contribution in [0.1, 0.15) is 40.3 Å². The molecule has 22 heavy (non-hydrogen) atoms. The van der Waals surface area contributed by atoms with Gasteiger partial charge in [-0.05, 0) is 46.8 Å². The molecule has 1 aliphatic rings. The van der Waals surface area contributed by atoms with E-state index < -0.39 is 17.1 Å². The molecule has 0 aromatic carbocycles. The summed E-state index contributed by atoms with van der Waals surface area (Å²) in [6.07, 6.45) is 2.26. The molecule has 1 N–H and O–H groups in total. The van der Waals surface area contributed by atoms with Gasteiger partial charge in [-0.1, -0.05) is 6.07 Å². The Labute approximate surface area is 136 Å². The van der Waals surface area contributed by atoms with Crippen molar-refractivity contribution in [2.45, 2.75) is 63.7 Å². The molecule has 1 fully saturated rings. The van der Waals surface area contributed by atoms with Crippen LogP contribution in [0.25, 0.3) is 0 Å². The second kappa shape index (κ2) is 6.84. The van der Waals surface area contributed by atoms with E-state index in [1.807, 2.05) is 52.8 Å². The van der Waals surface area contributed by atoms with Crippen LogP contribution >= 0.6 is 0 Å². The van der Waals surface area contributed by atoms with Crippen LogP contribution in [0, 0.1) is 0 Å². The number of rotatable bonds is 5. The lowest BCUT2D eigenvalue weighted by molar-refractivity contribution is -0.141. The van der Waals surface area contributed by atoms with Crippen molar-refractivity contribution in [2.24, 2.45) is 0 Å². The highest BCUT2D eigenvalue weighted by Gasteiger charge is 2.40. The summed E-state index contributed by atoms with van der Waals surface area (Å²) in [7, 11) is 0. The van der Waals surface area contributed by atoms with E-state index in [0.29, 0.717) is 13.0 Å². The zero-order valence-corrected chi connectivity index (χ0v) is 14.8. The summed E-state index contributed by atoms with van der Waals surface area (Å²) in [5.41, 5.74) is 0.944. The maximum absolute atomic E-state index is 12.5. The Bertz CT molecular complexity index is 476. The summed E-state index contributed by atoms with van der Waals surface area (Å²) >= 11 is -1.18. The lowest BCUT2D eigenvalue weighted by atomic mass is 10.1. The Balaban J connectivity index is 2.10. The number of nitrogens with zero attached hydrogens (tertiary/aromatic N) is 1. The van der Waals surface area contributed by atoms with Crippen LogP contribution in [0.15, 0.2) is 24.4 Å². The Morgan fingerprint density at radius 1 is 1.45 bits per heavy atom. The van der Waals surface area contributed by atoms with Gasteiger partial charge in [0.05, 0.1) is 12.6 Å². The van der Waals surface area contributed by atoms with E-state index in [4.69, 9.17) is 9.47 Å². The maximum Gasteiger partial charge on any atom is 0.163 e. The third kappa shape index (κ3) is 4.93. The minimum Gasteiger partial charge on any atom is -0.598 e. The van der Waals surface area contributed by atoms with E-state index in [0.717, 1.165) is 5.69 Å². The number of hydrogen-bond donors (Lipinski definition) is 1. The normalized spacial score (nSPS) is 24.2. The van der Waals surface area contributed by atoms with Gasteiger partial charge < -0.3 is 14.0 Å². The first-order valence-corrected chi connectivity index (χ1v) is 8.72. The molecule has 2 rings (SSSR count). The summed E-state index contributed by atoms with van der Waals surface area (Å²) < 4.78 is 26.9. The SMILES string of the molecule is CC1(C)OC[C@H]([C@H](Cc2ccccn2)N[S@@+]([O-])C(C)(C)C)O1. The molecule has 0 unspecified atom stereocenters. The molecule has 2 heterocycles. The van der Waals surface area contributed by atoms with Crippen LogP contribution in [-0.2, 0) is 27.3 Å².